The monoisotopic (exact) mass is 540 g/mol. The quantitative estimate of drug-likeness (QED) is 0.250. The van der Waals surface area contributed by atoms with Crippen LogP contribution in [0.2, 0.25) is 0 Å². The van der Waals surface area contributed by atoms with E-state index in [1.54, 1.807) is 42.5 Å². The average molecular weight is 541 g/mol. The maximum absolute atomic E-state index is 12.6. The molecule has 4 aromatic rings. The fourth-order valence-corrected chi connectivity index (χ4v) is 5.81. The molecule has 2 aromatic heterocycles. The maximum atomic E-state index is 12.6. The summed E-state index contributed by atoms with van der Waals surface area (Å²) in [6.07, 6.45) is 3.92. The van der Waals surface area contributed by atoms with E-state index in [0.717, 1.165) is 6.26 Å². The number of rotatable bonds is 9. The lowest BCUT2D eigenvalue weighted by Gasteiger charge is -2.14. The molecule has 1 aliphatic carbocycles. The van der Waals surface area contributed by atoms with Crippen molar-refractivity contribution in [3.63, 3.8) is 0 Å². The van der Waals surface area contributed by atoms with E-state index in [-0.39, 0.29) is 39.4 Å². The molecule has 1 saturated carbocycles. The fourth-order valence-electron chi connectivity index (χ4n) is 3.75. The number of hydrogen-bond acceptors (Lipinski definition) is 9. The largest absolute Gasteiger partial charge is 0.350 e. The van der Waals surface area contributed by atoms with Gasteiger partial charge in [-0.05, 0) is 54.8 Å². The van der Waals surface area contributed by atoms with E-state index in [4.69, 9.17) is 0 Å². The van der Waals surface area contributed by atoms with E-state index in [0.29, 0.717) is 35.3 Å². The highest BCUT2D eigenvalue weighted by molar-refractivity contribution is 7.93. The Kier molecular flexibility index (Phi) is 6.33. The smallest absolute Gasteiger partial charge is 0.261 e. The molecule has 0 aliphatic heterocycles. The Morgan fingerprint density at radius 2 is 1.70 bits per heavy atom. The zero-order valence-electron chi connectivity index (χ0n) is 19.7. The predicted molar refractivity (Wildman–Crippen MR) is 142 cm³/mol. The molecule has 0 bridgehead atoms. The number of sulfonamides is 1. The first kappa shape index (κ1) is 24.7. The van der Waals surface area contributed by atoms with Gasteiger partial charge in [-0.25, -0.2) is 21.8 Å². The van der Waals surface area contributed by atoms with Crippen molar-refractivity contribution in [3.8, 4) is 0 Å². The minimum atomic E-state index is -3.43. The second-order valence-corrected chi connectivity index (χ2v) is 12.7. The highest BCUT2D eigenvalue weighted by Gasteiger charge is 2.36. The summed E-state index contributed by atoms with van der Waals surface area (Å²) in [5.74, 6) is 0.442. The van der Waals surface area contributed by atoms with Crippen LogP contribution >= 0.6 is 0 Å². The summed E-state index contributed by atoms with van der Waals surface area (Å²) in [4.78, 5) is 24.3. The van der Waals surface area contributed by atoms with Gasteiger partial charge in [0.1, 0.15) is 11.2 Å². The van der Waals surface area contributed by atoms with Crippen LogP contribution in [0.25, 0.3) is 10.9 Å². The van der Waals surface area contributed by atoms with Crippen LogP contribution in [0.1, 0.15) is 18.4 Å². The molecule has 1 fully saturated rings. The Hall–Kier alpha value is -3.97. The summed E-state index contributed by atoms with van der Waals surface area (Å²) in [5, 5.41) is 6.06. The first-order valence-electron chi connectivity index (χ1n) is 11.4. The third kappa shape index (κ3) is 5.57. The molecule has 11 nitrogen and oxygen atoms in total. The SMILES string of the molecule is CS(=O)(=O)c1ccc(Nc2nc(NCc3ccccc3NS(=O)(=O)C3CC3)nc3cc[nH]c(=O)c23)cc1. The molecule has 0 radical (unpaired) electrons. The third-order valence-electron chi connectivity index (χ3n) is 5.83. The van der Waals surface area contributed by atoms with Gasteiger partial charge < -0.3 is 15.6 Å². The number of anilines is 4. The number of pyridine rings is 1. The van der Waals surface area contributed by atoms with E-state index in [2.05, 4.69) is 30.3 Å². The molecular formula is C24H24N6O5S2. The van der Waals surface area contributed by atoms with Crippen molar-refractivity contribution in [3.05, 3.63) is 76.7 Å². The lowest BCUT2D eigenvalue weighted by molar-refractivity contribution is 0.599. The zero-order valence-corrected chi connectivity index (χ0v) is 21.4. The lowest BCUT2D eigenvalue weighted by Crippen LogP contribution is -2.19. The number of nitrogens with zero attached hydrogens (tertiary/aromatic N) is 2. The van der Waals surface area contributed by atoms with Gasteiger partial charge in [-0.15, -0.1) is 0 Å². The van der Waals surface area contributed by atoms with Gasteiger partial charge in [-0.2, -0.15) is 4.98 Å². The molecule has 192 valence electrons. The molecule has 0 saturated heterocycles. The molecule has 2 heterocycles. The van der Waals surface area contributed by atoms with Gasteiger partial charge in [-0.3, -0.25) is 9.52 Å². The van der Waals surface area contributed by atoms with Crippen molar-refractivity contribution in [1.29, 1.82) is 0 Å². The van der Waals surface area contributed by atoms with Crippen LogP contribution in [-0.2, 0) is 26.4 Å². The van der Waals surface area contributed by atoms with E-state index in [1.165, 1.54) is 18.3 Å². The zero-order chi connectivity index (χ0) is 26.2. The summed E-state index contributed by atoms with van der Waals surface area (Å²) in [7, 11) is -6.78. The number of fused-ring (bicyclic) bond motifs is 1. The second kappa shape index (κ2) is 9.48. The molecule has 0 spiro atoms. The van der Waals surface area contributed by atoms with Crippen molar-refractivity contribution in [2.45, 2.75) is 29.5 Å². The Balaban J connectivity index is 1.43. The minimum absolute atomic E-state index is 0.168. The van der Waals surface area contributed by atoms with Crippen LogP contribution in [-0.4, -0.2) is 43.3 Å². The second-order valence-electron chi connectivity index (χ2n) is 8.74. The molecule has 0 unspecified atom stereocenters. The molecule has 0 amide bonds. The molecule has 0 atom stereocenters. The number of aromatic nitrogens is 3. The highest BCUT2D eigenvalue weighted by atomic mass is 32.2. The molecule has 37 heavy (non-hydrogen) atoms. The summed E-state index contributed by atoms with van der Waals surface area (Å²) in [5.41, 5.74) is 1.70. The number of para-hydroxylation sites is 1. The summed E-state index contributed by atoms with van der Waals surface area (Å²) in [6, 6.07) is 14.8. The number of H-pyrrole nitrogens is 1. The number of aromatic amines is 1. The van der Waals surface area contributed by atoms with Crippen LogP contribution in [0.5, 0.6) is 0 Å². The van der Waals surface area contributed by atoms with Crippen LogP contribution in [0, 0.1) is 0 Å². The lowest BCUT2D eigenvalue weighted by atomic mass is 10.2. The number of nitrogens with one attached hydrogen (secondary N) is 4. The van der Waals surface area contributed by atoms with E-state index >= 15 is 0 Å². The van der Waals surface area contributed by atoms with Crippen LogP contribution in [0.3, 0.4) is 0 Å². The standard InChI is InChI=1S/C24H24N6O5S2/c1-36(32,33)17-8-6-16(7-9-17)27-22-21-20(12-13-25-23(21)31)28-24(29-22)26-14-15-4-2-3-5-19(15)30-37(34,35)18-10-11-18/h2-9,12-13,18,30H,10-11,14H2,1H3,(H,25,31)(H2,26,27,28,29). The topological polar surface area (TPSA) is 163 Å². The van der Waals surface area contributed by atoms with Crippen molar-refractivity contribution in [1.82, 2.24) is 15.0 Å². The minimum Gasteiger partial charge on any atom is -0.350 e. The molecular weight excluding hydrogens is 516 g/mol. The fraction of sp³-hybridized carbons (Fsp3) is 0.208. The van der Waals surface area contributed by atoms with E-state index in [9.17, 15) is 21.6 Å². The number of hydrogen-bond donors (Lipinski definition) is 4. The first-order valence-corrected chi connectivity index (χ1v) is 14.8. The van der Waals surface area contributed by atoms with Gasteiger partial charge in [0.2, 0.25) is 16.0 Å². The maximum Gasteiger partial charge on any atom is 0.261 e. The third-order valence-corrected chi connectivity index (χ3v) is 8.82. The highest BCUT2D eigenvalue weighted by Crippen LogP contribution is 2.31. The Bertz CT molecular complexity index is 1750. The van der Waals surface area contributed by atoms with Crippen molar-refractivity contribution >= 4 is 53.9 Å². The first-order chi connectivity index (χ1) is 17.6. The summed E-state index contributed by atoms with van der Waals surface area (Å²) < 4.78 is 51.1. The average Bonchev–Trinajstić information content (AvgIpc) is 3.70. The number of sulfone groups is 1. The van der Waals surface area contributed by atoms with Gasteiger partial charge in [0.25, 0.3) is 5.56 Å². The van der Waals surface area contributed by atoms with Crippen molar-refractivity contribution in [2.75, 3.05) is 21.6 Å². The van der Waals surface area contributed by atoms with Crippen LogP contribution in [0.4, 0.5) is 23.1 Å². The molecule has 5 rings (SSSR count). The molecule has 2 aromatic carbocycles. The van der Waals surface area contributed by atoms with Crippen molar-refractivity contribution < 1.29 is 16.8 Å². The van der Waals surface area contributed by atoms with E-state index in [1.807, 2.05) is 0 Å². The van der Waals surface area contributed by atoms with Crippen LogP contribution in [0.15, 0.2) is 70.5 Å². The van der Waals surface area contributed by atoms with Gasteiger partial charge in [-0.1, -0.05) is 18.2 Å². The van der Waals surface area contributed by atoms with Gasteiger partial charge in [0, 0.05) is 24.7 Å². The summed E-state index contributed by atoms with van der Waals surface area (Å²) in [6.45, 7) is 0.223. The van der Waals surface area contributed by atoms with Gasteiger partial charge >= 0.3 is 0 Å². The normalized spacial score (nSPS) is 13.9. The summed E-state index contributed by atoms with van der Waals surface area (Å²) >= 11 is 0. The molecule has 4 N–H and O–H groups in total. The van der Waals surface area contributed by atoms with Gasteiger partial charge in [0.15, 0.2) is 9.84 Å². The van der Waals surface area contributed by atoms with Crippen LogP contribution < -0.4 is 20.9 Å². The number of benzene rings is 2. The van der Waals surface area contributed by atoms with E-state index < -0.39 is 19.9 Å². The van der Waals surface area contributed by atoms with Gasteiger partial charge in [0.05, 0.1) is 21.3 Å². The molecule has 13 heteroatoms. The Morgan fingerprint density at radius 1 is 0.973 bits per heavy atom. The Labute approximate surface area is 213 Å². The molecule has 1 aliphatic rings. The predicted octanol–water partition coefficient (Wildman–Crippen LogP) is 2.98. The van der Waals surface area contributed by atoms with Crippen molar-refractivity contribution in [2.24, 2.45) is 0 Å². The Morgan fingerprint density at radius 3 is 2.41 bits per heavy atom.